The van der Waals surface area contributed by atoms with Gasteiger partial charge in [0, 0.05) is 17.6 Å². The zero-order valence-electron chi connectivity index (χ0n) is 16.5. The van der Waals surface area contributed by atoms with Crippen molar-refractivity contribution in [1.29, 1.82) is 0 Å². The Balaban J connectivity index is -0.00000242. The molecule has 0 aromatic rings. The van der Waals surface area contributed by atoms with Crippen molar-refractivity contribution in [2.75, 3.05) is 5.75 Å². The van der Waals surface area contributed by atoms with Crippen LogP contribution in [0.15, 0.2) is 0 Å². The maximum absolute atomic E-state index is 10.8. The van der Waals surface area contributed by atoms with Gasteiger partial charge in [-0.2, -0.15) is 11.8 Å². The quantitative estimate of drug-likeness (QED) is 0.192. The number of thioether (sulfide) groups is 1. The molecular weight excluding hydrogens is 358 g/mol. The van der Waals surface area contributed by atoms with Crippen LogP contribution in [0, 0.1) is 0 Å². The van der Waals surface area contributed by atoms with Crippen LogP contribution in [0.2, 0.25) is 0 Å². The molecular formula is C18H32Na2O4S. The molecule has 0 aliphatic rings. The molecule has 136 valence electrons. The molecule has 0 aromatic heterocycles. The minimum Gasteiger partial charge on any atom is -0.550 e. The van der Waals surface area contributed by atoms with E-state index in [1.165, 1.54) is 64.2 Å². The van der Waals surface area contributed by atoms with E-state index in [1.807, 2.05) is 0 Å². The average molecular weight is 390 g/mol. The van der Waals surface area contributed by atoms with Gasteiger partial charge in [0.25, 0.3) is 0 Å². The van der Waals surface area contributed by atoms with E-state index in [1.54, 1.807) is 0 Å². The fourth-order valence-electron chi connectivity index (χ4n) is 2.53. The molecule has 7 heteroatoms. The maximum Gasteiger partial charge on any atom is 1.00 e. The number of carbonyl (C=O) groups is 2. The van der Waals surface area contributed by atoms with Crippen molar-refractivity contribution in [2.24, 2.45) is 0 Å². The van der Waals surface area contributed by atoms with E-state index in [0.29, 0.717) is 5.75 Å². The van der Waals surface area contributed by atoms with Gasteiger partial charge in [-0.3, -0.25) is 0 Å². The van der Waals surface area contributed by atoms with Gasteiger partial charge in [-0.1, -0.05) is 77.6 Å². The summed E-state index contributed by atoms with van der Waals surface area (Å²) in [5.74, 6) is -1.97. The van der Waals surface area contributed by atoms with Crippen molar-refractivity contribution in [1.82, 2.24) is 0 Å². The molecule has 0 aliphatic heterocycles. The summed E-state index contributed by atoms with van der Waals surface area (Å²) >= 11 is 1.16. The van der Waals surface area contributed by atoms with E-state index >= 15 is 0 Å². The van der Waals surface area contributed by atoms with Crippen LogP contribution < -0.4 is 69.3 Å². The van der Waals surface area contributed by atoms with Crippen LogP contribution in [-0.4, -0.2) is 22.9 Å². The SMILES string of the molecule is CCCCCCCCCCCCCCSC(CC(=O)[O-])C(=O)[O-].[Na+].[Na+]. The van der Waals surface area contributed by atoms with Crippen LogP contribution in [0.25, 0.3) is 0 Å². The molecule has 0 aromatic carbocycles. The van der Waals surface area contributed by atoms with E-state index in [9.17, 15) is 19.8 Å². The fraction of sp³-hybridized carbons (Fsp3) is 0.889. The predicted octanol–water partition coefficient (Wildman–Crippen LogP) is -3.31. The third-order valence-corrected chi connectivity index (χ3v) is 5.22. The minimum atomic E-state index is -1.33. The molecule has 0 N–H and O–H groups in total. The van der Waals surface area contributed by atoms with Gasteiger partial charge in [-0.25, -0.2) is 0 Å². The first kappa shape index (κ1) is 31.0. The molecule has 0 aliphatic carbocycles. The summed E-state index contributed by atoms with van der Waals surface area (Å²) in [4.78, 5) is 21.2. The second-order valence-corrected chi connectivity index (χ2v) is 7.45. The van der Waals surface area contributed by atoms with Crippen molar-refractivity contribution in [3.05, 3.63) is 0 Å². The van der Waals surface area contributed by atoms with E-state index in [2.05, 4.69) is 6.92 Å². The standard InChI is InChI=1S/C18H34O4S.2Na/c1-2-3-4-5-6-7-8-9-10-11-12-13-14-23-16(18(21)22)15-17(19)20;;/h16H,2-15H2,1H3,(H,19,20)(H,21,22);;/q;2*+1/p-2. The summed E-state index contributed by atoms with van der Waals surface area (Å²) in [5, 5.41) is 20.2. The summed E-state index contributed by atoms with van der Waals surface area (Å²) in [6, 6.07) is 0. The topological polar surface area (TPSA) is 80.3 Å². The molecule has 0 saturated carbocycles. The smallest absolute Gasteiger partial charge is 0.550 e. The van der Waals surface area contributed by atoms with Crippen molar-refractivity contribution in [2.45, 2.75) is 95.6 Å². The largest absolute Gasteiger partial charge is 1.00 e. The Bertz CT molecular complexity index is 317. The summed E-state index contributed by atoms with van der Waals surface area (Å²) < 4.78 is 0. The first-order chi connectivity index (χ1) is 11.1. The third kappa shape index (κ3) is 23.3. The number of hydrogen-bond donors (Lipinski definition) is 0. The normalized spacial score (nSPS) is 11.2. The van der Waals surface area contributed by atoms with Crippen LogP contribution in [0.4, 0.5) is 0 Å². The van der Waals surface area contributed by atoms with Gasteiger partial charge in [0.15, 0.2) is 0 Å². The number of aliphatic carboxylic acids is 2. The van der Waals surface area contributed by atoms with Crippen LogP contribution in [0.1, 0.15) is 90.4 Å². The Kier molecular flexibility index (Phi) is 28.9. The Morgan fingerprint density at radius 3 is 1.52 bits per heavy atom. The summed E-state index contributed by atoms with van der Waals surface area (Å²) in [6.45, 7) is 2.24. The van der Waals surface area contributed by atoms with Crippen molar-refractivity contribution >= 4 is 23.7 Å². The molecule has 0 bridgehead atoms. The Hall–Kier alpha value is 1.29. The second-order valence-electron chi connectivity index (χ2n) is 6.14. The average Bonchev–Trinajstić information content (AvgIpc) is 2.50. The molecule has 0 heterocycles. The van der Waals surface area contributed by atoms with E-state index in [4.69, 9.17) is 0 Å². The van der Waals surface area contributed by atoms with Gasteiger partial charge < -0.3 is 19.8 Å². The Labute approximate surface area is 202 Å². The van der Waals surface area contributed by atoms with E-state index in [0.717, 1.165) is 24.6 Å². The number of carbonyl (C=O) groups excluding carboxylic acids is 2. The first-order valence-electron chi connectivity index (χ1n) is 9.10. The molecule has 1 atom stereocenters. The second kappa shape index (κ2) is 23.3. The van der Waals surface area contributed by atoms with Crippen molar-refractivity contribution in [3.8, 4) is 0 Å². The van der Waals surface area contributed by atoms with Crippen molar-refractivity contribution in [3.63, 3.8) is 0 Å². The van der Waals surface area contributed by atoms with Crippen LogP contribution >= 0.6 is 11.8 Å². The van der Waals surface area contributed by atoms with Crippen LogP contribution in [-0.2, 0) is 9.59 Å². The number of unbranched alkanes of at least 4 members (excludes halogenated alkanes) is 11. The molecule has 4 nitrogen and oxygen atoms in total. The molecule has 0 saturated heterocycles. The van der Waals surface area contributed by atoms with E-state index in [-0.39, 0.29) is 59.1 Å². The van der Waals surface area contributed by atoms with Crippen LogP contribution in [0.5, 0.6) is 0 Å². The maximum atomic E-state index is 10.8. The number of hydrogen-bond acceptors (Lipinski definition) is 5. The van der Waals surface area contributed by atoms with Crippen LogP contribution in [0.3, 0.4) is 0 Å². The van der Waals surface area contributed by atoms with Crippen molar-refractivity contribution < 1.29 is 78.9 Å². The Morgan fingerprint density at radius 2 is 1.16 bits per heavy atom. The van der Waals surface area contributed by atoms with Gasteiger partial charge in [0.1, 0.15) is 0 Å². The molecule has 0 amide bonds. The molecule has 0 spiro atoms. The number of rotatable bonds is 17. The number of carboxylic acid groups (broad SMARTS) is 2. The number of carboxylic acids is 2. The zero-order chi connectivity index (χ0) is 17.3. The molecule has 25 heavy (non-hydrogen) atoms. The third-order valence-electron chi connectivity index (χ3n) is 3.93. The van der Waals surface area contributed by atoms with Gasteiger partial charge in [-0.05, 0) is 12.2 Å². The van der Waals surface area contributed by atoms with Gasteiger partial charge in [0.2, 0.25) is 0 Å². The fourth-order valence-corrected chi connectivity index (χ4v) is 3.58. The first-order valence-corrected chi connectivity index (χ1v) is 10.1. The monoisotopic (exact) mass is 390 g/mol. The van der Waals surface area contributed by atoms with Gasteiger partial charge in [-0.15, -0.1) is 0 Å². The zero-order valence-corrected chi connectivity index (χ0v) is 21.3. The summed E-state index contributed by atoms with van der Waals surface area (Å²) in [6.07, 6.45) is 14.7. The van der Waals surface area contributed by atoms with Gasteiger partial charge >= 0.3 is 59.1 Å². The van der Waals surface area contributed by atoms with E-state index < -0.39 is 23.6 Å². The molecule has 0 rings (SSSR count). The Morgan fingerprint density at radius 1 is 0.760 bits per heavy atom. The molecule has 0 radical (unpaired) electrons. The minimum absolute atomic E-state index is 0. The predicted molar refractivity (Wildman–Crippen MR) is 92.0 cm³/mol. The summed E-state index contributed by atoms with van der Waals surface area (Å²) in [5.41, 5.74) is 0. The molecule has 0 fully saturated rings. The summed E-state index contributed by atoms with van der Waals surface area (Å²) in [7, 11) is 0. The van der Waals surface area contributed by atoms with Gasteiger partial charge in [0.05, 0.1) is 5.97 Å². The molecule has 1 unspecified atom stereocenters.